The van der Waals surface area contributed by atoms with Gasteiger partial charge in [0.15, 0.2) is 0 Å². The Morgan fingerprint density at radius 3 is 1.81 bits per heavy atom. The summed E-state index contributed by atoms with van der Waals surface area (Å²) in [6, 6.07) is 2.17. The second kappa shape index (κ2) is 14.5. The second-order valence-electron chi connectivity index (χ2n) is 21.9. The van der Waals surface area contributed by atoms with Crippen molar-refractivity contribution in [2.45, 2.75) is 239 Å². The average Bonchev–Trinajstić information content (AvgIpc) is 3.98. The highest BCUT2D eigenvalue weighted by Gasteiger charge is 2.61. The van der Waals surface area contributed by atoms with Crippen LogP contribution < -0.4 is 0 Å². The number of hydrogen-bond acceptors (Lipinski definition) is 5. The van der Waals surface area contributed by atoms with Crippen molar-refractivity contribution in [1.82, 2.24) is 4.90 Å². The number of ether oxygens (including phenoxy) is 3. The molecule has 296 valence electrons. The maximum Gasteiger partial charge on any atom is 0.0766 e. The molecule has 12 rings (SSSR count). The monoisotopic (exact) mass is 746 g/mol. The molecule has 4 aliphatic heterocycles. The molecule has 0 aromatic carbocycles. The predicted octanol–water partition coefficient (Wildman–Crippen LogP) is 11.0. The van der Waals surface area contributed by atoms with Crippen molar-refractivity contribution in [3.05, 3.63) is 0 Å². The molecule has 53 heavy (non-hydrogen) atoms. The summed E-state index contributed by atoms with van der Waals surface area (Å²) in [7, 11) is 0. The van der Waals surface area contributed by atoms with Gasteiger partial charge < -0.3 is 14.2 Å². The summed E-state index contributed by atoms with van der Waals surface area (Å²) in [5.74, 6) is 9.15. The van der Waals surface area contributed by atoms with Crippen LogP contribution in [0.25, 0.3) is 0 Å². The van der Waals surface area contributed by atoms with E-state index >= 15 is 0 Å². The lowest BCUT2D eigenvalue weighted by Crippen LogP contribution is -2.59. The lowest BCUT2D eigenvalue weighted by Gasteiger charge is -2.53. The van der Waals surface area contributed by atoms with Crippen molar-refractivity contribution in [3.8, 4) is 0 Å². The van der Waals surface area contributed by atoms with Crippen molar-refractivity contribution in [3.63, 3.8) is 0 Å². The molecule has 0 N–H and O–H groups in total. The Bertz CT molecular complexity index is 1310. The van der Waals surface area contributed by atoms with Crippen LogP contribution in [-0.2, 0) is 14.2 Å². The van der Waals surface area contributed by atoms with Crippen LogP contribution in [0, 0.1) is 59.2 Å². The molecule has 5 heteroatoms. The highest BCUT2D eigenvalue weighted by Crippen LogP contribution is 2.64. The third-order valence-electron chi connectivity index (χ3n) is 19.9. The van der Waals surface area contributed by atoms with E-state index in [-0.39, 0.29) is 0 Å². The minimum absolute atomic E-state index is 0.514. The average molecular weight is 746 g/mol. The highest BCUT2D eigenvalue weighted by atomic mass is 32.2. The van der Waals surface area contributed by atoms with Gasteiger partial charge in [-0.3, -0.25) is 4.90 Å². The summed E-state index contributed by atoms with van der Waals surface area (Å²) in [5.41, 5.74) is 0. The van der Waals surface area contributed by atoms with Gasteiger partial charge in [0.2, 0.25) is 0 Å². The highest BCUT2D eigenvalue weighted by molar-refractivity contribution is 8.00. The first-order valence-electron chi connectivity index (χ1n) is 24.7. The summed E-state index contributed by atoms with van der Waals surface area (Å²) in [5, 5.41) is 1.87. The summed E-state index contributed by atoms with van der Waals surface area (Å²) in [6.07, 6.45) is 42.4. The smallest absolute Gasteiger partial charge is 0.0766 e. The molecule has 12 aliphatic rings. The molecule has 12 fully saturated rings. The third kappa shape index (κ3) is 5.91. The number of hydrogen-bond donors (Lipinski definition) is 0. The zero-order valence-electron chi connectivity index (χ0n) is 33.3. The van der Waals surface area contributed by atoms with Crippen molar-refractivity contribution < 1.29 is 14.2 Å². The van der Waals surface area contributed by atoms with E-state index in [1.807, 2.05) is 0 Å². The van der Waals surface area contributed by atoms with Gasteiger partial charge in [-0.05, 0) is 162 Å². The predicted molar refractivity (Wildman–Crippen MR) is 214 cm³/mol. The summed E-state index contributed by atoms with van der Waals surface area (Å²) < 4.78 is 21.3. The Morgan fingerprint density at radius 2 is 0.943 bits per heavy atom. The molecule has 4 nitrogen and oxygen atoms in total. The molecule has 21 unspecified atom stereocenters. The largest absolute Gasteiger partial charge is 0.374 e. The number of nitrogens with zero attached hydrogens (tertiary/aromatic N) is 1. The third-order valence-corrected chi connectivity index (χ3v) is 21.8. The van der Waals surface area contributed by atoms with Crippen LogP contribution in [0.2, 0.25) is 0 Å². The molecule has 4 heterocycles. The zero-order valence-corrected chi connectivity index (χ0v) is 34.1. The number of thioether (sulfide) groups is 1. The van der Waals surface area contributed by atoms with E-state index in [2.05, 4.69) is 16.7 Å². The van der Waals surface area contributed by atoms with Crippen molar-refractivity contribution in [2.24, 2.45) is 59.2 Å². The Kier molecular flexibility index (Phi) is 9.61. The molecule has 0 aromatic heterocycles. The quantitative estimate of drug-likeness (QED) is 0.286. The van der Waals surface area contributed by atoms with Gasteiger partial charge >= 0.3 is 0 Å². The Labute approximate surface area is 327 Å². The molecule has 4 saturated heterocycles. The molecular formula is C48H75NO3S. The van der Waals surface area contributed by atoms with Crippen molar-refractivity contribution in [1.29, 1.82) is 0 Å². The van der Waals surface area contributed by atoms with Crippen molar-refractivity contribution >= 4 is 11.8 Å². The number of rotatable bonds is 4. The fourth-order valence-corrected chi connectivity index (χ4v) is 20.5. The van der Waals surface area contributed by atoms with Gasteiger partial charge in [0, 0.05) is 34.5 Å². The molecule has 0 spiro atoms. The summed E-state index contributed by atoms with van der Waals surface area (Å²) in [6.45, 7) is 0. The van der Waals surface area contributed by atoms with Crippen LogP contribution >= 0.6 is 11.8 Å². The summed E-state index contributed by atoms with van der Waals surface area (Å²) >= 11 is 2.59. The summed E-state index contributed by atoms with van der Waals surface area (Å²) in [4.78, 5) is 3.31. The van der Waals surface area contributed by atoms with E-state index in [9.17, 15) is 0 Å². The van der Waals surface area contributed by atoms with Gasteiger partial charge in [-0.25, -0.2) is 0 Å². The van der Waals surface area contributed by atoms with Gasteiger partial charge in [-0.2, -0.15) is 11.8 Å². The molecule has 0 amide bonds. The Hall–Kier alpha value is 0.190. The van der Waals surface area contributed by atoms with Crippen LogP contribution in [0.5, 0.6) is 0 Å². The molecule has 21 atom stereocenters. The minimum atomic E-state index is 0.514. The first-order valence-corrected chi connectivity index (χ1v) is 25.6. The van der Waals surface area contributed by atoms with Crippen LogP contribution in [0.4, 0.5) is 0 Å². The van der Waals surface area contributed by atoms with Crippen molar-refractivity contribution in [2.75, 3.05) is 0 Å². The molecule has 8 aliphatic carbocycles. The van der Waals surface area contributed by atoms with Gasteiger partial charge in [0.05, 0.1) is 36.6 Å². The van der Waals surface area contributed by atoms with Crippen LogP contribution in [0.15, 0.2) is 0 Å². The van der Waals surface area contributed by atoms with E-state index in [4.69, 9.17) is 14.2 Å². The van der Waals surface area contributed by atoms with Crippen LogP contribution in [0.3, 0.4) is 0 Å². The van der Waals surface area contributed by atoms with E-state index in [1.54, 1.807) is 6.42 Å². The normalized spacial score (nSPS) is 57.3. The minimum Gasteiger partial charge on any atom is -0.374 e. The maximum atomic E-state index is 7.35. The maximum absolute atomic E-state index is 7.35. The Balaban J connectivity index is 0.813. The molecule has 8 saturated carbocycles. The lowest BCUT2D eigenvalue weighted by atomic mass is 9.62. The first kappa shape index (κ1) is 35.2. The standard InChI is InChI=1S/C48H75NO3S/c1-4-19-40-32(12-1)34-23-22-30(27-44(34)51-40)49(39-18-9-16-35-33-13-2-5-20-41(33)52-46(35)39)29-11-7-10-28(26-29)31-15-8-17-36-37-24-25-43-45(48(37)53-47(31)36)38-14-3-6-21-42(38)50-43/h28-48H,1-27H2. The lowest BCUT2D eigenvalue weighted by molar-refractivity contribution is -0.0974. The zero-order chi connectivity index (χ0) is 34.6. The fourth-order valence-electron chi connectivity index (χ4n) is 18.0. The van der Waals surface area contributed by atoms with E-state index in [1.165, 1.54) is 167 Å². The van der Waals surface area contributed by atoms with Gasteiger partial charge in [0.25, 0.3) is 0 Å². The van der Waals surface area contributed by atoms with Gasteiger partial charge in [-0.15, -0.1) is 0 Å². The van der Waals surface area contributed by atoms with E-state index in [0.717, 1.165) is 81.8 Å². The van der Waals surface area contributed by atoms with Crippen LogP contribution in [0.1, 0.15) is 173 Å². The topological polar surface area (TPSA) is 30.9 Å². The van der Waals surface area contributed by atoms with Gasteiger partial charge in [-0.1, -0.05) is 64.2 Å². The fraction of sp³-hybridized carbons (Fsp3) is 1.00. The molecule has 0 radical (unpaired) electrons. The van der Waals surface area contributed by atoms with E-state index < -0.39 is 0 Å². The molecular weight excluding hydrogens is 671 g/mol. The second-order valence-corrected chi connectivity index (χ2v) is 23.2. The molecule has 0 aromatic rings. The number of fused-ring (bicyclic) bond motifs is 13. The van der Waals surface area contributed by atoms with E-state index in [0.29, 0.717) is 42.7 Å². The van der Waals surface area contributed by atoms with Gasteiger partial charge in [0.1, 0.15) is 0 Å². The SMILES string of the molecule is C1CCC2C(C1)OC1CC(N(C3CCCC(C4CCCC5C6CCC7OC8CCCCC8C7C6SC45)C3)C3CCCC4C5CCCCC5OC43)CCC12. The Morgan fingerprint density at radius 1 is 0.358 bits per heavy atom. The first-order chi connectivity index (χ1) is 26.3. The molecule has 0 bridgehead atoms. The van der Waals surface area contributed by atoms with Crippen LogP contribution in [-0.4, -0.2) is 70.1 Å².